The van der Waals surface area contributed by atoms with E-state index in [1.807, 2.05) is 0 Å². The molecule has 0 aromatic heterocycles. The van der Waals surface area contributed by atoms with Gasteiger partial charge in [0.2, 0.25) is 0 Å². The average molecular weight is 306 g/mol. The summed E-state index contributed by atoms with van der Waals surface area (Å²) in [4.78, 5) is 11.5. The maximum atomic E-state index is 12.4. The first-order valence-electron chi connectivity index (χ1n) is 6.25. The molecule has 1 unspecified atom stereocenters. The number of hydrogen-bond acceptors (Lipinski definition) is 4. The number of halogens is 3. The SMILES string of the molecule is COCCC(COc1ccc(C(F)(F)F)cc1)C(=O)OC. The van der Waals surface area contributed by atoms with Gasteiger partial charge in [-0.1, -0.05) is 0 Å². The first-order valence-corrected chi connectivity index (χ1v) is 6.25. The second-order valence-electron chi connectivity index (χ2n) is 4.33. The maximum Gasteiger partial charge on any atom is 0.416 e. The predicted octanol–water partition coefficient (Wildman–Crippen LogP) is 2.91. The van der Waals surface area contributed by atoms with E-state index in [9.17, 15) is 18.0 Å². The van der Waals surface area contributed by atoms with Gasteiger partial charge in [-0.05, 0) is 30.7 Å². The summed E-state index contributed by atoms with van der Waals surface area (Å²) in [5.41, 5.74) is -0.751. The zero-order valence-electron chi connectivity index (χ0n) is 11.8. The Labute approximate surface area is 120 Å². The zero-order valence-corrected chi connectivity index (χ0v) is 11.8. The monoisotopic (exact) mass is 306 g/mol. The van der Waals surface area contributed by atoms with Crippen LogP contribution in [-0.4, -0.2) is 33.4 Å². The fraction of sp³-hybridized carbons (Fsp3) is 0.500. The minimum absolute atomic E-state index is 0.0153. The Balaban J connectivity index is 2.61. The van der Waals surface area contributed by atoms with Gasteiger partial charge in [0.1, 0.15) is 12.4 Å². The van der Waals surface area contributed by atoms with Crippen LogP contribution in [0.2, 0.25) is 0 Å². The summed E-state index contributed by atoms with van der Waals surface area (Å²) in [5.74, 6) is -0.717. The lowest BCUT2D eigenvalue weighted by Crippen LogP contribution is -2.24. The lowest BCUT2D eigenvalue weighted by atomic mass is 10.1. The van der Waals surface area contributed by atoms with E-state index in [2.05, 4.69) is 4.74 Å². The Bertz CT molecular complexity index is 443. The lowest BCUT2D eigenvalue weighted by molar-refractivity contribution is -0.147. The van der Waals surface area contributed by atoms with Crippen molar-refractivity contribution in [3.63, 3.8) is 0 Å². The standard InChI is InChI=1S/C14H17F3O4/c1-19-8-7-10(13(18)20-2)9-21-12-5-3-11(4-6-12)14(15,16)17/h3-6,10H,7-9H2,1-2H3. The van der Waals surface area contributed by atoms with Crippen LogP contribution in [0.5, 0.6) is 5.75 Å². The minimum atomic E-state index is -4.38. The number of esters is 1. The third-order valence-electron chi connectivity index (χ3n) is 2.84. The Morgan fingerprint density at radius 1 is 1.19 bits per heavy atom. The number of methoxy groups -OCH3 is 2. The molecule has 0 amide bonds. The molecule has 1 aromatic rings. The molecule has 0 N–H and O–H groups in total. The molecule has 0 aliphatic rings. The molecular formula is C14H17F3O4. The zero-order chi connectivity index (χ0) is 15.9. The van der Waals surface area contributed by atoms with E-state index >= 15 is 0 Å². The molecule has 0 aliphatic heterocycles. The number of carbonyl (C=O) groups is 1. The summed E-state index contributed by atoms with van der Waals surface area (Å²) in [6.07, 6.45) is -3.98. The Morgan fingerprint density at radius 3 is 2.29 bits per heavy atom. The van der Waals surface area contributed by atoms with Gasteiger partial charge < -0.3 is 14.2 Å². The minimum Gasteiger partial charge on any atom is -0.493 e. The molecule has 1 atom stereocenters. The van der Waals surface area contributed by atoms with E-state index in [-0.39, 0.29) is 12.4 Å². The van der Waals surface area contributed by atoms with Gasteiger partial charge in [0, 0.05) is 13.7 Å². The molecule has 7 heteroatoms. The first kappa shape index (κ1) is 17.3. The van der Waals surface area contributed by atoms with Gasteiger partial charge in [0.25, 0.3) is 0 Å². The largest absolute Gasteiger partial charge is 0.493 e. The highest BCUT2D eigenvalue weighted by Crippen LogP contribution is 2.30. The number of ether oxygens (including phenoxy) is 3. The number of carbonyl (C=O) groups excluding carboxylic acids is 1. The van der Waals surface area contributed by atoms with Crippen molar-refractivity contribution in [3.05, 3.63) is 29.8 Å². The Hall–Kier alpha value is -1.76. The topological polar surface area (TPSA) is 44.8 Å². The number of benzene rings is 1. The summed E-state index contributed by atoms with van der Waals surface area (Å²) in [7, 11) is 2.77. The van der Waals surface area contributed by atoms with Gasteiger partial charge >= 0.3 is 12.1 Å². The van der Waals surface area contributed by atoms with Crippen LogP contribution in [0.3, 0.4) is 0 Å². The van der Waals surface area contributed by atoms with Crippen molar-refractivity contribution in [2.45, 2.75) is 12.6 Å². The second kappa shape index (κ2) is 7.87. The molecule has 0 saturated carbocycles. The molecule has 0 spiro atoms. The molecule has 0 fully saturated rings. The van der Waals surface area contributed by atoms with E-state index in [1.165, 1.54) is 26.4 Å². The van der Waals surface area contributed by atoms with Gasteiger partial charge in [-0.25, -0.2) is 0 Å². The van der Waals surface area contributed by atoms with E-state index in [1.54, 1.807) is 0 Å². The van der Waals surface area contributed by atoms with Crippen molar-refractivity contribution in [1.82, 2.24) is 0 Å². The van der Waals surface area contributed by atoms with Crippen molar-refractivity contribution in [2.75, 3.05) is 27.4 Å². The fourth-order valence-electron chi connectivity index (χ4n) is 1.63. The van der Waals surface area contributed by atoms with E-state index < -0.39 is 23.6 Å². The Kier molecular flexibility index (Phi) is 6.48. The van der Waals surface area contributed by atoms with Gasteiger partial charge in [0.15, 0.2) is 0 Å². The number of alkyl halides is 3. The average Bonchev–Trinajstić information content (AvgIpc) is 2.46. The molecule has 4 nitrogen and oxygen atoms in total. The highest BCUT2D eigenvalue weighted by Gasteiger charge is 2.30. The quantitative estimate of drug-likeness (QED) is 0.727. The van der Waals surface area contributed by atoms with Crippen LogP contribution in [-0.2, 0) is 20.4 Å². The van der Waals surface area contributed by atoms with Gasteiger partial charge in [-0.3, -0.25) is 4.79 Å². The maximum absolute atomic E-state index is 12.4. The molecule has 0 aliphatic carbocycles. The summed E-state index contributed by atoms with van der Waals surface area (Å²) in [6, 6.07) is 4.29. The van der Waals surface area contributed by atoms with Crippen LogP contribution in [0.1, 0.15) is 12.0 Å². The van der Waals surface area contributed by atoms with Crippen molar-refractivity contribution in [3.8, 4) is 5.75 Å². The summed E-state index contributed by atoms with van der Waals surface area (Å²) >= 11 is 0. The predicted molar refractivity (Wildman–Crippen MR) is 68.9 cm³/mol. The second-order valence-corrected chi connectivity index (χ2v) is 4.33. The Morgan fingerprint density at radius 2 is 1.81 bits per heavy atom. The molecule has 0 saturated heterocycles. The smallest absolute Gasteiger partial charge is 0.416 e. The normalized spacial score (nSPS) is 12.8. The highest BCUT2D eigenvalue weighted by molar-refractivity contribution is 5.72. The van der Waals surface area contributed by atoms with Crippen LogP contribution in [0.4, 0.5) is 13.2 Å². The number of hydrogen-bond donors (Lipinski definition) is 0. The third-order valence-corrected chi connectivity index (χ3v) is 2.84. The van der Waals surface area contributed by atoms with Gasteiger partial charge in [0.05, 0.1) is 18.6 Å². The van der Waals surface area contributed by atoms with Crippen LogP contribution in [0.15, 0.2) is 24.3 Å². The molecular weight excluding hydrogens is 289 g/mol. The molecule has 0 heterocycles. The van der Waals surface area contributed by atoms with Crippen LogP contribution in [0, 0.1) is 5.92 Å². The van der Waals surface area contributed by atoms with Crippen LogP contribution >= 0.6 is 0 Å². The van der Waals surface area contributed by atoms with Gasteiger partial charge in [-0.15, -0.1) is 0 Å². The first-order chi connectivity index (χ1) is 9.88. The summed E-state index contributed by atoms with van der Waals surface area (Å²) < 4.78 is 52.1. The fourth-order valence-corrected chi connectivity index (χ4v) is 1.63. The van der Waals surface area contributed by atoms with E-state index in [0.29, 0.717) is 13.0 Å². The van der Waals surface area contributed by atoms with Crippen molar-refractivity contribution in [2.24, 2.45) is 5.92 Å². The number of rotatable bonds is 7. The van der Waals surface area contributed by atoms with Crippen molar-refractivity contribution in [1.29, 1.82) is 0 Å². The van der Waals surface area contributed by atoms with Crippen LogP contribution < -0.4 is 4.74 Å². The summed E-state index contributed by atoms with van der Waals surface area (Å²) in [6.45, 7) is 0.373. The van der Waals surface area contributed by atoms with E-state index in [0.717, 1.165) is 12.1 Å². The molecule has 21 heavy (non-hydrogen) atoms. The molecule has 1 rings (SSSR count). The summed E-state index contributed by atoms with van der Waals surface area (Å²) in [5, 5.41) is 0. The molecule has 118 valence electrons. The van der Waals surface area contributed by atoms with Gasteiger partial charge in [-0.2, -0.15) is 13.2 Å². The lowest BCUT2D eigenvalue weighted by Gasteiger charge is -2.15. The highest BCUT2D eigenvalue weighted by atomic mass is 19.4. The van der Waals surface area contributed by atoms with Crippen molar-refractivity contribution < 1.29 is 32.2 Å². The third kappa shape index (κ3) is 5.63. The van der Waals surface area contributed by atoms with Crippen molar-refractivity contribution >= 4 is 5.97 Å². The molecule has 0 radical (unpaired) electrons. The van der Waals surface area contributed by atoms with E-state index in [4.69, 9.17) is 9.47 Å². The van der Waals surface area contributed by atoms with Crippen LogP contribution in [0.25, 0.3) is 0 Å². The molecule has 0 bridgehead atoms. The molecule has 1 aromatic carbocycles.